The lowest BCUT2D eigenvalue weighted by Crippen LogP contribution is -2.12. The zero-order chi connectivity index (χ0) is 14.5. The first-order valence-corrected chi connectivity index (χ1v) is 10.9. The van der Waals surface area contributed by atoms with Crippen molar-refractivity contribution in [1.29, 1.82) is 0 Å². The van der Waals surface area contributed by atoms with Crippen molar-refractivity contribution in [2.75, 3.05) is 0 Å². The Morgan fingerprint density at radius 3 is 1.38 bits per heavy atom. The molecule has 0 atom stereocenters. The SMILES string of the molecule is ClP(=[S+]c1ccccc1)(c1ccccc1)c1ccccc1. The fourth-order valence-corrected chi connectivity index (χ4v) is 8.30. The van der Waals surface area contributed by atoms with Crippen LogP contribution in [0, 0.1) is 0 Å². The molecule has 0 saturated heterocycles. The van der Waals surface area contributed by atoms with Crippen LogP contribution in [0.1, 0.15) is 0 Å². The van der Waals surface area contributed by atoms with Crippen molar-refractivity contribution in [3.8, 4) is 0 Å². The van der Waals surface area contributed by atoms with Crippen LogP contribution in [0.2, 0.25) is 0 Å². The number of benzene rings is 3. The van der Waals surface area contributed by atoms with E-state index >= 15 is 0 Å². The summed E-state index contributed by atoms with van der Waals surface area (Å²) in [5, 5.41) is 0.394. The minimum atomic E-state index is -2.01. The second-order valence-corrected chi connectivity index (χ2v) is 11.7. The summed E-state index contributed by atoms with van der Waals surface area (Å²) in [5.74, 6) is 0. The lowest BCUT2D eigenvalue weighted by Gasteiger charge is -2.09. The molecular formula is C18H15ClPS+. The number of rotatable bonds is 3. The zero-order valence-corrected chi connectivity index (χ0v) is 13.9. The fraction of sp³-hybridized carbons (Fsp3) is 0. The van der Waals surface area contributed by atoms with Crippen LogP contribution in [-0.4, -0.2) is 0 Å². The predicted octanol–water partition coefficient (Wildman–Crippen LogP) is 4.87. The Hall–Kier alpha value is -1.40. The molecule has 0 N–H and O–H groups in total. The highest BCUT2D eigenvalue weighted by Gasteiger charge is 2.32. The van der Waals surface area contributed by atoms with Crippen molar-refractivity contribution in [1.82, 2.24) is 0 Å². The molecule has 0 unspecified atom stereocenters. The van der Waals surface area contributed by atoms with Crippen molar-refractivity contribution < 1.29 is 0 Å². The van der Waals surface area contributed by atoms with Gasteiger partial charge in [0.2, 0.25) is 15.8 Å². The standard InChI is InChI=1S/C18H15ClPS/c19-20(16-10-4-1-5-11-16,17-12-6-2-7-13-17)21-18-14-8-3-9-15-18/h1-15H/q+1. The average molecular weight is 330 g/mol. The molecule has 0 aliphatic carbocycles. The summed E-state index contributed by atoms with van der Waals surface area (Å²) in [6.45, 7) is 0. The summed E-state index contributed by atoms with van der Waals surface area (Å²) in [6.07, 6.45) is 0. The van der Waals surface area contributed by atoms with Gasteiger partial charge in [0.1, 0.15) is 0 Å². The number of halogens is 1. The lowest BCUT2D eigenvalue weighted by atomic mass is 10.4. The third-order valence-corrected chi connectivity index (χ3v) is 10.3. The topological polar surface area (TPSA) is 0 Å². The molecule has 0 bridgehead atoms. The first kappa shape index (κ1) is 14.5. The van der Waals surface area contributed by atoms with Crippen molar-refractivity contribution in [3.63, 3.8) is 0 Å². The van der Waals surface area contributed by atoms with Crippen molar-refractivity contribution in [3.05, 3.63) is 91.0 Å². The maximum Gasteiger partial charge on any atom is 0.274 e. The Kier molecular flexibility index (Phi) is 4.55. The molecule has 0 spiro atoms. The van der Waals surface area contributed by atoms with Gasteiger partial charge in [-0.2, -0.15) is 0 Å². The Morgan fingerprint density at radius 1 is 0.571 bits per heavy atom. The summed E-state index contributed by atoms with van der Waals surface area (Å²) in [7, 11) is 1.77. The zero-order valence-electron chi connectivity index (χ0n) is 11.4. The van der Waals surface area contributed by atoms with Crippen LogP contribution in [0.4, 0.5) is 0 Å². The summed E-state index contributed by atoms with van der Waals surface area (Å²) < 4.78 is 0. The molecule has 0 heterocycles. The van der Waals surface area contributed by atoms with Gasteiger partial charge in [-0.15, -0.1) is 0 Å². The first-order chi connectivity index (χ1) is 10.3. The van der Waals surface area contributed by atoms with E-state index in [1.165, 1.54) is 15.5 Å². The van der Waals surface area contributed by atoms with Gasteiger partial charge in [0.15, 0.2) is 0 Å². The third kappa shape index (κ3) is 3.27. The maximum atomic E-state index is 7.20. The van der Waals surface area contributed by atoms with Crippen LogP contribution in [0.15, 0.2) is 95.9 Å². The molecule has 3 heteroatoms. The average Bonchev–Trinajstić information content (AvgIpc) is 2.57. The van der Waals surface area contributed by atoms with E-state index in [0.29, 0.717) is 0 Å². The van der Waals surface area contributed by atoms with Gasteiger partial charge in [0.05, 0.1) is 0 Å². The molecule has 0 radical (unpaired) electrons. The van der Waals surface area contributed by atoms with Gasteiger partial charge in [0, 0.05) is 22.7 Å². The fourth-order valence-electron chi connectivity index (χ4n) is 2.12. The van der Waals surface area contributed by atoms with E-state index in [0.717, 1.165) is 0 Å². The predicted molar refractivity (Wildman–Crippen MR) is 97.0 cm³/mol. The van der Waals surface area contributed by atoms with Crippen LogP contribution in [-0.2, 0) is 10.9 Å². The molecule has 0 aliphatic heterocycles. The second-order valence-electron chi connectivity index (χ2n) is 4.61. The molecule has 0 aliphatic rings. The summed E-state index contributed by atoms with van der Waals surface area (Å²) >= 11 is 7.20. The van der Waals surface area contributed by atoms with Gasteiger partial charge in [-0.3, -0.25) is 0 Å². The summed E-state index contributed by atoms with van der Waals surface area (Å²) in [4.78, 5) is 1.20. The highest BCUT2D eigenvalue weighted by atomic mass is 35.7. The van der Waals surface area contributed by atoms with E-state index < -0.39 is 5.39 Å². The highest BCUT2D eigenvalue weighted by Crippen LogP contribution is 2.52. The van der Waals surface area contributed by atoms with E-state index in [-0.39, 0.29) is 0 Å². The molecule has 0 amide bonds. The molecule has 0 nitrogen and oxygen atoms in total. The molecule has 104 valence electrons. The minimum Gasteiger partial charge on any atom is -0.0622 e. The maximum absolute atomic E-state index is 7.20. The second kappa shape index (κ2) is 6.58. The molecule has 3 aromatic carbocycles. The van der Waals surface area contributed by atoms with E-state index in [2.05, 4.69) is 72.8 Å². The van der Waals surface area contributed by atoms with Crippen LogP contribution in [0.3, 0.4) is 0 Å². The van der Waals surface area contributed by atoms with E-state index in [9.17, 15) is 0 Å². The summed E-state index contributed by atoms with van der Waals surface area (Å²) in [5.41, 5.74) is 0. The van der Waals surface area contributed by atoms with Crippen LogP contribution in [0.25, 0.3) is 0 Å². The van der Waals surface area contributed by atoms with Gasteiger partial charge in [-0.25, -0.2) is 0 Å². The van der Waals surface area contributed by atoms with E-state index in [1.807, 2.05) is 18.2 Å². The van der Waals surface area contributed by atoms with Gasteiger partial charge >= 0.3 is 0 Å². The molecule has 3 aromatic rings. The van der Waals surface area contributed by atoms with Gasteiger partial charge < -0.3 is 0 Å². The van der Waals surface area contributed by atoms with Crippen LogP contribution in [0.5, 0.6) is 0 Å². The number of hydrogen-bond donors (Lipinski definition) is 0. The Balaban J connectivity index is 2.24. The minimum absolute atomic E-state index is 1.20. The van der Waals surface area contributed by atoms with E-state index in [1.54, 1.807) is 10.9 Å². The van der Waals surface area contributed by atoms with Crippen molar-refractivity contribution in [2.24, 2.45) is 0 Å². The Labute approximate surface area is 134 Å². The smallest absolute Gasteiger partial charge is 0.0622 e. The summed E-state index contributed by atoms with van der Waals surface area (Å²) in [6, 6.07) is 31.2. The molecule has 0 fully saturated rings. The van der Waals surface area contributed by atoms with Crippen LogP contribution < -0.4 is 10.6 Å². The highest BCUT2D eigenvalue weighted by molar-refractivity contribution is 8.40. The van der Waals surface area contributed by atoms with Gasteiger partial charge in [0.25, 0.3) is 5.39 Å². The monoisotopic (exact) mass is 329 g/mol. The molecular weight excluding hydrogens is 315 g/mol. The first-order valence-electron chi connectivity index (χ1n) is 6.73. The van der Waals surface area contributed by atoms with Gasteiger partial charge in [-0.1, -0.05) is 54.6 Å². The lowest BCUT2D eigenvalue weighted by molar-refractivity contribution is 1.48. The largest absolute Gasteiger partial charge is 0.274 e. The number of hydrogen-bond acceptors (Lipinski definition) is 0. The van der Waals surface area contributed by atoms with Gasteiger partial charge in [-0.05, 0) is 35.5 Å². The van der Waals surface area contributed by atoms with Crippen molar-refractivity contribution >= 4 is 38.2 Å². The Morgan fingerprint density at radius 2 is 0.952 bits per heavy atom. The molecule has 21 heavy (non-hydrogen) atoms. The van der Waals surface area contributed by atoms with Crippen LogP contribution >= 0.6 is 16.6 Å². The van der Waals surface area contributed by atoms with E-state index in [4.69, 9.17) is 11.2 Å². The third-order valence-electron chi connectivity index (χ3n) is 3.15. The molecule has 0 saturated carbocycles. The quantitative estimate of drug-likeness (QED) is 0.475. The molecule has 3 rings (SSSR count). The van der Waals surface area contributed by atoms with Crippen molar-refractivity contribution in [2.45, 2.75) is 4.90 Å². The molecule has 0 aromatic heterocycles. The Bertz CT molecular complexity index is 711. The normalized spacial score (nSPS) is 11.1.